The number of nitrogens with one attached hydrogen (secondary N) is 1. The fourth-order valence-electron chi connectivity index (χ4n) is 2.24. The molecule has 4 N–H and O–H groups in total. The van der Waals surface area contributed by atoms with Crippen LogP contribution in [0, 0.1) is 11.8 Å². The number of rotatable bonds is 4. The fraction of sp³-hybridized carbons (Fsp3) is 0.818. The number of amides is 2. The van der Waals surface area contributed by atoms with Gasteiger partial charge in [0.2, 0.25) is 0 Å². The Morgan fingerprint density at radius 1 is 1.41 bits per heavy atom. The summed E-state index contributed by atoms with van der Waals surface area (Å²) in [4.78, 5) is 24.5. The second-order valence-corrected chi connectivity index (χ2v) is 4.94. The Bertz CT molecular complexity index is 317. The van der Waals surface area contributed by atoms with Gasteiger partial charge in [0, 0.05) is 13.1 Å². The van der Waals surface area contributed by atoms with Gasteiger partial charge in [0.05, 0.1) is 0 Å². The smallest absolute Gasteiger partial charge is 0.326 e. The van der Waals surface area contributed by atoms with Gasteiger partial charge in [-0.1, -0.05) is 0 Å². The van der Waals surface area contributed by atoms with Gasteiger partial charge in [0.1, 0.15) is 6.04 Å². The number of carboxylic acids is 1. The summed E-state index contributed by atoms with van der Waals surface area (Å²) in [6.45, 7) is 1.89. The molecule has 1 aliphatic heterocycles. The first kappa shape index (κ1) is 12.2. The SMILES string of the molecule is NCC1CCN(C(=O)NC(C(=O)O)C2CC2)C1. The second-order valence-electron chi connectivity index (χ2n) is 4.94. The Morgan fingerprint density at radius 3 is 2.59 bits per heavy atom. The first-order valence-electron chi connectivity index (χ1n) is 6.10. The molecule has 2 amide bonds. The molecule has 17 heavy (non-hydrogen) atoms. The molecule has 0 bridgehead atoms. The van der Waals surface area contributed by atoms with E-state index in [0.717, 1.165) is 19.3 Å². The van der Waals surface area contributed by atoms with E-state index in [4.69, 9.17) is 10.8 Å². The average molecular weight is 241 g/mol. The number of nitrogens with zero attached hydrogens (tertiary/aromatic N) is 1. The van der Waals surface area contributed by atoms with Crippen LogP contribution in [-0.2, 0) is 4.79 Å². The monoisotopic (exact) mass is 241 g/mol. The molecule has 6 nitrogen and oxygen atoms in total. The van der Waals surface area contributed by atoms with Crippen LogP contribution in [0.5, 0.6) is 0 Å². The third-order valence-electron chi connectivity index (χ3n) is 3.54. The number of nitrogens with two attached hydrogens (primary N) is 1. The summed E-state index contributed by atoms with van der Waals surface area (Å²) in [5, 5.41) is 11.6. The van der Waals surface area contributed by atoms with Crippen LogP contribution < -0.4 is 11.1 Å². The predicted molar refractivity (Wildman–Crippen MR) is 61.4 cm³/mol. The van der Waals surface area contributed by atoms with Gasteiger partial charge in [0.25, 0.3) is 0 Å². The quantitative estimate of drug-likeness (QED) is 0.637. The van der Waals surface area contributed by atoms with E-state index in [2.05, 4.69) is 5.32 Å². The Labute approximate surface area is 100 Å². The van der Waals surface area contributed by atoms with Gasteiger partial charge in [-0.25, -0.2) is 9.59 Å². The van der Waals surface area contributed by atoms with E-state index in [9.17, 15) is 9.59 Å². The minimum absolute atomic E-state index is 0.115. The Balaban J connectivity index is 1.85. The molecule has 0 spiro atoms. The molecule has 2 rings (SSSR count). The second kappa shape index (κ2) is 4.91. The Kier molecular flexibility index (Phi) is 3.51. The molecule has 96 valence electrons. The Morgan fingerprint density at radius 2 is 2.12 bits per heavy atom. The van der Waals surface area contributed by atoms with Crippen LogP contribution >= 0.6 is 0 Å². The van der Waals surface area contributed by atoms with Crippen LogP contribution in [0.15, 0.2) is 0 Å². The van der Waals surface area contributed by atoms with E-state index in [1.165, 1.54) is 0 Å². The van der Waals surface area contributed by atoms with Gasteiger partial charge in [-0.15, -0.1) is 0 Å². The molecule has 1 saturated heterocycles. The number of urea groups is 1. The highest BCUT2D eigenvalue weighted by atomic mass is 16.4. The molecule has 1 saturated carbocycles. The molecule has 2 aliphatic rings. The van der Waals surface area contributed by atoms with E-state index in [1.54, 1.807) is 4.90 Å². The first-order valence-corrected chi connectivity index (χ1v) is 6.10. The summed E-state index contributed by atoms with van der Waals surface area (Å²) in [7, 11) is 0. The molecule has 0 radical (unpaired) electrons. The summed E-state index contributed by atoms with van der Waals surface area (Å²) in [6, 6.07) is -0.986. The number of hydrogen-bond donors (Lipinski definition) is 3. The van der Waals surface area contributed by atoms with Crippen LogP contribution in [0.4, 0.5) is 4.79 Å². The lowest BCUT2D eigenvalue weighted by Crippen LogP contribution is -2.48. The zero-order valence-electron chi connectivity index (χ0n) is 9.76. The van der Waals surface area contributed by atoms with Gasteiger partial charge in [-0.3, -0.25) is 0 Å². The summed E-state index contributed by atoms with van der Waals surface area (Å²) >= 11 is 0. The minimum atomic E-state index is -0.935. The van der Waals surface area contributed by atoms with Crippen molar-refractivity contribution in [1.82, 2.24) is 10.2 Å². The van der Waals surface area contributed by atoms with Crippen molar-refractivity contribution >= 4 is 12.0 Å². The molecular formula is C11H19N3O3. The van der Waals surface area contributed by atoms with Crippen molar-refractivity contribution in [3.8, 4) is 0 Å². The highest BCUT2D eigenvalue weighted by molar-refractivity contribution is 5.83. The molecule has 1 heterocycles. The van der Waals surface area contributed by atoms with Gasteiger partial charge < -0.3 is 21.1 Å². The van der Waals surface area contributed by atoms with Gasteiger partial charge in [0.15, 0.2) is 0 Å². The lowest BCUT2D eigenvalue weighted by molar-refractivity contribution is -0.139. The first-order chi connectivity index (χ1) is 8.11. The van der Waals surface area contributed by atoms with Crippen LogP contribution in [0.1, 0.15) is 19.3 Å². The molecule has 0 aromatic rings. The van der Waals surface area contributed by atoms with Crippen molar-refractivity contribution < 1.29 is 14.7 Å². The number of carbonyl (C=O) groups excluding carboxylic acids is 1. The fourth-order valence-corrected chi connectivity index (χ4v) is 2.24. The molecule has 2 unspecified atom stereocenters. The molecule has 2 atom stereocenters. The number of aliphatic carboxylic acids is 1. The van der Waals surface area contributed by atoms with Crippen molar-refractivity contribution in [2.45, 2.75) is 25.3 Å². The van der Waals surface area contributed by atoms with Crippen molar-refractivity contribution in [2.24, 2.45) is 17.6 Å². The summed E-state index contributed by atoms with van der Waals surface area (Å²) in [5.41, 5.74) is 5.55. The van der Waals surface area contributed by atoms with Crippen molar-refractivity contribution in [2.75, 3.05) is 19.6 Å². The molecular weight excluding hydrogens is 222 g/mol. The normalized spacial score (nSPS) is 25.7. The third kappa shape index (κ3) is 2.88. The highest BCUT2D eigenvalue weighted by Crippen LogP contribution is 2.32. The highest BCUT2D eigenvalue weighted by Gasteiger charge is 2.38. The summed E-state index contributed by atoms with van der Waals surface area (Å²) < 4.78 is 0. The lowest BCUT2D eigenvalue weighted by atomic mass is 10.1. The van der Waals surface area contributed by atoms with Gasteiger partial charge in [-0.2, -0.15) is 0 Å². The average Bonchev–Trinajstić information content (AvgIpc) is 3.01. The lowest BCUT2D eigenvalue weighted by Gasteiger charge is -2.20. The molecule has 6 heteroatoms. The van der Waals surface area contributed by atoms with E-state index in [1.807, 2.05) is 0 Å². The van der Waals surface area contributed by atoms with Crippen molar-refractivity contribution in [3.05, 3.63) is 0 Å². The number of carbonyl (C=O) groups is 2. The largest absolute Gasteiger partial charge is 0.480 e. The topological polar surface area (TPSA) is 95.7 Å². The maximum absolute atomic E-state index is 11.9. The van der Waals surface area contributed by atoms with Gasteiger partial charge >= 0.3 is 12.0 Å². The number of carboxylic acid groups (broad SMARTS) is 1. The summed E-state index contributed by atoms with van der Waals surface area (Å²) in [5.74, 6) is -0.468. The van der Waals surface area contributed by atoms with Crippen LogP contribution in [0.3, 0.4) is 0 Å². The third-order valence-corrected chi connectivity index (χ3v) is 3.54. The Hall–Kier alpha value is -1.30. The van der Waals surface area contributed by atoms with E-state index >= 15 is 0 Å². The number of hydrogen-bond acceptors (Lipinski definition) is 3. The van der Waals surface area contributed by atoms with Crippen LogP contribution in [-0.4, -0.2) is 47.7 Å². The number of likely N-dealkylation sites (tertiary alicyclic amines) is 1. The maximum Gasteiger partial charge on any atom is 0.326 e. The minimum Gasteiger partial charge on any atom is -0.480 e. The van der Waals surface area contributed by atoms with E-state index < -0.39 is 12.0 Å². The molecule has 2 fully saturated rings. The van der Waals surface area contributed by atoms with E-state index in [-0.39, 0.29) is 11.9 Å². The van der Waals surface area contributed by atoms with Crippen LogP contribution in [0.25, 0.3) is 0 Å². The maximum atomic E-state index is 11.9. The molecule has 0 aromatic carbocycles. The van der Waals surface area contributed by atoms with Crippen molar-refractivity contribution in [1.29, 1.82) is 0 Å². The zero-order chi connectivity index (χ0) is 12.4. The standard InChI is InChI=1S/C11H19N3O3/c12-5-7-3-4-14(6-7)11(17)13-9(10(15)16)8-1-2-8/h7-9H,1-6,12H2,(H,13,17)(H,15,16). The zero-order valence-corrected chi connectivity index (χ0v) is 9.76. The predicted octanol–water partition coefficient (Wildman–Crippen LogP) is -0.160. The van der Waals surface area contributed by atoms with E-state index in [0.29, 0.717) is 25.6 Å². The van der Waals surface area contributed by atoms with Crippen LogP contribution in [0.2, 0.25) is 0 Å². The molecule has 0 aromatic heterocycles. The van der Waals surface area contributed by atoms with Crippen molar-refractivity contribution in [3.63, 3.8) is 0 Å². The summed E-state index contributed by atoms with van der Waals surface area (Å²) in [6.07, 6.45) is 2.69. The molecule has 1 aliphatic carbocycles. The van der Waals surface area contributed by atoms with Gasteiger partial charge in [-0.05, 0) is 37.6 Å².